The maximum Gasteiger partial charge on any atom is 0.180 e. The van der Waals surface area contributed by atoms with Crippen molar-refractivity contribution in [3.63, 3.8) is 0 Å². The molecule has 0 aliphatic rings. The Kier molecular flexibility index (Phi) is 4.51. The topological polar surface area (TPSA) is 99.6 Å². The molecule has 0 spiro atoms. The lowest BCUT2D eigenvalue weighted by Crippen LogP contribution is -2.01. The molecule has 0 atom stereocenters. The SMILES string of the molecule is COc1ccc(Nc2nc(-c3ccc4ncc(N)cc4c3)cn3ccnc23)cc1OC. The van der Waals surface area contributed by atoms with Crippen LogP contribution in [0.2, 0.25) is 0 Å². The van der Waals surface area contributed by atoms with Crippen molar-refractivity contribution in [2.24, 2.45) is 0 Å². The van der Waals surface area contributed by atoms with Crippen LogP contribution < -0.4 is 20.5 Å². The normalized spacial score (nSPS) is 11.0. The van der Waals surface area contributed by atoms with Gasteiger partial charge in [-0.25, -0.2) is 9.97 Å². The molecule has 0 saturated carbocycles. The number of anilines is 3. The molecule has 31 heavy (non-hydrogen) atoms. The quantitative estimate of drug-likeness (QED) is 0.444. The third kappa shape index (κ3) is 3.44. The van der Waals surface area contributed by atoms with Crippen molar-refractivity contribution in [1.29, 1.82) is 0 Å². The number of methoxy groups -OCH3 is 2. The first-order chi connectivity index (χ1) is 15.1. The van der Waals surface area contributed by atoms with Crippen molar-refractivity contribution in [3.05, 3.63) is 67.3 Å². The fraction of sp³-hybridized carbons (Fsp3) is 0.0870. The van der Waals surface area contributed by atoms with Crippen LogP contribution in [0.25, 0.3) is 27.8 Å². The van der Waals surface area contributed by atoms with Gasteiger partial charge in [0.25, 0.3) is 0 Å². The number of benzene rings is 2. The number of ether oxygens (including phenoxy) is 2. The van der Waals surface area contributed by atoms with Crippen LogP contribution in [0.4, 0.5) is 17.2 Å². The predicted molar refractivity (Wildman–Crippen MR) is 121 cm³/mol. The summed E-state index contributed by atoms with van der Waals surface area (Å²) in [6, 6.07) is 13.5. The van der Waals surface area contributed by atoms with E-state index in [1.54, 1.807) is 26.6 Å². The van der Waals surface area contributed by atoms with Crippen molar-refractivity contribution in [3.8, 4) is 22.8 Å². The maximum absolute atomic E-state index is 5.91. The summed E-state index contributed by atoms with van der Waals surface area (Å²) in [5.41, 5.74) is 10.7. The Morgan fingerprint density at radius 1 is 0.968 bits per heavy atom. The minimum atomic E-state index is 0.624. The summed E-state index contributed by atoms with van der Waals surface area (Å²) >= 11 is 0. The van der Waals surface area contributed by atoms with E-state index in [1.165, 1.54) is 0 Å². The summed E-state index contributed by atoms with van der Waals surface area (Å²) in [7, 11) is 3.21. The van der Waals surface area contributed by atoms with Crippen LogP contribution in [0.3, 0.4) is 0 Å². The fourth-order valence-corrected chi connectivity index (χ4v) is 3.51. The molecule has 0 amide bonds. The van der Waals surface area contributed by atoms with E-state index in [2.05, 4.69) is 15.3 Å². The number of hydrogen-bond donors (Lipinski definition) is 2. The minimum absolute atomic E-state index is 0.624. The predicted octanol–water partition coefficient (Wildman–Crippen LogP) is 4.29. The van der Waals surface area contributed by atoms with E-state index in [0.29, 0.717) is 28.7 Å². The number of nitrogens with zero attached hydrogens (tertiary/aromatic N) is 4. The van der Waals surface area contributed by atoms with E-state index < -0.39 is 0 Å². The van der Waals surface area contributed by atoms with Gasteiger partial charge in [0.05, 0.1) is 37.3 Å². The van der Waals surface area contributed by atoms with Crippen LogP contribution in [0.15, 0.2) is 67.3 Å². The molecule has 5 aromatic rings. The van der Waals surface area contributed by atoms with Gasteiger partial charge in [-0.1, -0.05) is 6.07 Å². The van der Waals surface area contributed by atoms with Crippen LogP contribution in [-0.4, -0.2) is 33.6 Å². The van der Waals surface area contributed by atoms with Gasteiger partial charge in [0.1, 0.15) is 0 Å². The Labute approximate surface area is 178 Å². The monoisotopic (exact) mass is 412 g/mol. The number of rotatable bonds is 5. The lowest BCUT2D eigenvalue weighted by molar-refractivity contribution is 0.355. The van der Waals surface area contributed by atoms with E-state index in [1.807, 2.05) is 59.3 Å². The summed E-state index contributed by atoms with van der Waals surface area (Å²) in [6.45, 7) is 0. The van der Waals surface area contributed by atoms with Gasteiger partial charge in [0, 0.05) is 41.3 Å². The van der Waals surface area contributed by atoms with Crippen LogP contribution in [0, 0.1) is 0 Å². The molecule has 3 heterocycles. The molecule has 8 nitrogen and oxygen atoms in total. The van der Waals surface area contributed by atoms with E-state index in [9.17, 15) is 0 Å². The molecule has 0 aliphatic heterocycles. The third-order valence-electron chi connectivity index (χ3n) is 5.02. The first kappa shape index (κ1) is 18.7. The minimum Gasteiger partial charge on any atom is -0.493 e. The van der Waals surface area contributed by atoms with Gasteiger partial charge in [0.15, 0.2) is 23.0 Å². The number of aromatic nitrogens is 4. The Balaban J connectivity index is 1.59. The highest BCUT2D eigenvalue weighted by molar-refractivity contribution is 5.86. The summed E-state index contributed by atoms with van der Waals surface area (Å²) in [4.78, 5) is 13.7. The highest BCUT2D eigenvalue weighted by Crippen LogP contribution is 2.32. The average molecular weight is 412 g/mol. The van der Waals surface area contributed by atoms with Gasteiger partial charge >= 0.3 is 0 Å². The maximum atomic E-state index is 5.91. The zero-order valence-electron chi connectivity index (χ0n) is 17.0. The molecule has 3 N–H and O–H groups in total. The first-order valence-corrected chi connectivity index (χ1v) is 9.63. The second kappa shape index (κ2) is 7.49. The number of hydrogen-bond acceptors (Lipinski definition) is 7. The van der Waals surface area contributed by atoms with Crippen LogP contribution in [0.5, 0.6) is 11.5 Å². The van der Waals surface area contributed by atoms with Crippen molar-refractivity contribution in [2.45, 2.75) is 0 Å². The van der Waals surface area contributed by atoms with Crippen LogP contribution in [-0.2, 0) is 0 Å². The van der Waals surface area contributed by atoms with Gasteiger partial charge in [-0.3, -0.25) is 4.98 Å². The van der Waals surface area contributed by atoms with E-state index in [-0.39, 0.29) is 0 Å². The molecule has 8 heteroatoms. The number of fused-ring (bicyclic) bond motifs is 2. The lowest BCUT2D eigenvalue weighted by Gasteiger charge is -2.13. The van der Waals surface area contributed by atoms with Crippen LogP contribution >= 0.6 is 0 Å². The van der Waals surface area contributed by atoms with Crippen molar-refractivity contribution in [2.75, 3.05) is 25.3 Å². The molecule has 2 aromatic carbocycles. The molecule has 5 rings (SSSR count). The molecular weight excluding hydrogens is 392 g/mol. The molecule has 0 aliphatic carbocycles. The molecule has 0 radical (unpaired) electrons. The Bertz CT molecular complexity index is 1410. The number of nitrogens with one attached hydrogen (secondary N) is 1. The fourth-order valence-electron chi connectivity index (χ4n) is 3.51. The van der Waals surface area contributed by atoms with Crippen molar-refractivity contribution >= 4 is 33.7 Å². The lowest BCUT2D eigenvalue weighted by atomic mass is 10.1. The Morgan fingerprint density at radius 2 is 1.84 bits per heavy atom. The summed E-state index contributed by atoms with van der Waals surface area (Å²) in [6.07, 6.45) is 7.23. The number of imidazole rings is 1. The zero-order chi connectivity index (χ0) is 21.4. The molecule has 0 fully saturated rings. The summed E-state index contributed by atoms with van der Waals surface area (Å²) in [5.74, 6) is 1.91. The first-order valence-electron chi connectivity index (χ1n) is 9.63. The highest BCUT2D eigenvalue weighted by atomic mass is 16.5. The van der Waals surface area contributed by atoms with E-state index in [4.69, 9.17) is 20.2 Å². The highest BCUT2D eigenvalue weighted by Gasteiger charge is 2.12. The molecular formula is C23H20N6O2. The molecule has 3 aromatic heterocycles. The van der Waals surface area contributed by atoms with Gasteiger partial charge in [-0.2, -0.15) is 0 Å². The van der Waals surface area contributed by atoms with Crippen LogP contribution in [0.1, 0.15) is 0 Å². The largest absolute Gasteiger partial charge is 0.493 e. The van der Waals surface area contributed by atoms with Gasteiger partial charge in [-0.05, 0) is 30.3 Å². The smallest absolute Gasteiger partial charge is 0.180 e. The van der Waals surface area contributed by atoms with Gasteiger partial charge < -0.3 is 24.9 Å². The third-order valence-corrected chi connectivity index (χ3v) is 5.02. The molecule has 0 bridgehead atoms. The summed E-state index contributed by atoms with van der Waals surface area (Å²) in [5, 5.41) is 4.31. The number of nitrogens with two attached hydrogens (primary N) is 1. The van der Waals surface area contributed by atoms with Crippen molar-refractivity contribution in [1.82, 2.24) is 19.4 Å². The Morgan fingerprint density at radius 3 is 2.68 bits per heavy atom. The Hall–Kier alpha value is -4.33. The number of pyridine rings is 1. The van der Waals surface area contributed by atoms with Crippen molar-refractivity contribution < 1.29 is 9.47 Å². The number of nitrogen functional groups attached to an aromatic ring is 1. The second-order valence-corrected chi connectivity index (χ2v) is 7.00. The zero-order valence-corrected chi connectivity index (χ0v) is 17.0. The van der Waals surface area contributed by atoms with E-state index >= 15 is 0 Å². The molecule has 0 unspecified atom stereocenters. The second-order valence-electron chi connectivity index (χ2n) is 7.00. The average Bonchev–Trinajstić information content (AvgIpc) is 3.27. The summed E-state index contributed by atoms with van der Waals surface area (Å²) < 4.78 is 12.7. The standard InChI is InChI=1S/C23H20N6O2/c1-30-20-6-4-17(11-21(20)31-2)27-22-23-25-7-8-29(23)13-19(28-22)14-3-5-18-15(9-14)10-16(24)12-26-18/h3-13H,24H2,1-2H3,(H,27,28). The van der Waals surface area contributed by atoms with E-state index in [0.717, 1.165) is 27.8 Å². The van der Waals surface area contributed by atoms with Gasteiger partial charge in [0.2, 0.25) is 0 Å². The van der Waals surface area contributed by atoms with Gasteiger partial charge in [-0.15, -0.1) is 0 Å². The molecule has 0 saturated heterocycles. The molecule has 154 valence electrons.